The van der Waals surface area contributed by atoms with Gasteiger partial charge in [-0.3, -0.25) is 4.79 Å². The largest absolute Gasteiger partial charge is 0.465 e. The van der Waals surface area contributed by atoms with E-state index in [-0.39, 0.29) is 11.8 Å². The predicted octanol–water partition coefficient (Wildman–Crippen LogP) is 3.16. The molecule has 2 aromatic rings. The molecule has 108 valence electrons. The number of nitrogens with zero attached hydrogens (tertiary/aromatic N) is 2. The Balaban J connectivity index is 2.50. The van der Waals surface area contributed by atoms with Crippen molar-refractivity contribution < 1.29 is 13.9 Å². The van der Waals surface area contributed by atoms with Gasteiger partial charge in [0.2, 0.25) is 0 Å². The zero-order valence-electron chi connectivity index (χ0n) is 12.0. The first kappa shape index (κ1) is 14.5. The van der Waals surface area contributed by atoms with Crippen molar-refractivity contribution in [3.8, 4) is 0 Å². The van der Waals surface area contributed by atoms with Crippen LogP contribution in [-0.4, -0.2) is 22.1 Å². The second-order valence-electron chi connectivity index (χ2n) is 4.73. The molecule has 1 unspecified atom stereocenters. The fraction of sp³-hybridized carbons (Fsp3) is 0.467. The lowest BCUT2D eigenvalue weighted by Crippen LogP contribution is -2.19. The molecule has 0 spiro atoms. The minimum atomic E-state index is -0.447. The highest BCUT2D eigenvalue weighted by atomic mass is 19.1. The summed E-state index contributed by atoms with van der Waals surface area (Å²) in [5.41, 5.74) is 0.987. The monoisotopic (exact) mass is 278 g/mol. The number of imidazole rings is 1. The van der Waals surface area contributed by atoms with Crippen LogP contribution in [0.2, 0.25) is 0 Å². The van der Waals surface area contributed by atoms with Gasteiger partial charge in [-0.15, -0.1) is 0 Å². The summed E-state index contributed by atoms with van der Waals surface area (Å²) in [6.07, 6.45) is 1.47. The number of aryl methyl sites for hydroxylation is 1. The first-order valence-corrected chi connectivity index (χ1v) is 6.87. The van der Waals surface area contributed by atoms with E-state index in [4.69, 9.17) is 4.74 Å². The highest BCUT2D eigenvalue weighted by molar-refractivity contribution is 5.81. The average molecular weight is 278 g/mol. The quantitative estimate of drug-likeness (QED) is 0.789. The van der Waals surface area contributed by atoms with Crippen LogP contribution in [0.5, 0.6) is 0 Å². The predicted molar refractivity (Wildman–Crippen MR) is 75.0 cm³/mol. The maximum absolute atomic E-state index is 13.8. The molecule has 0 aliphatic heterocycles. The van der Waals surface area contributed by atoms with Crippen molar-refractivity contribution in [2.24, 2.45) is 7.05 Å². The number of carbonyl (C=O) groups excluding carboxylic acids is 1. The van der Waals surface area contributed by atoms with Gasteiger partial charge >= 0.3 is 5.97 Å². The molecule has 0 saturated carbocycles. The lowest BCUT2D eigenvalue weighted by atomic mass is 10.0. The number of hydrogen-bond acceptors (Lipinski definition) is 3. The third kappa shape index (κ3) is 2.53. The van der Waals surface area contributed by atoms with Crippen LogP contribution in [0.15, 0.2) is 18.2 Å². The van der Waals surface area contributed by atoms with Crippen LogP contribution in [0, 0.1) is 5.82 Å². The molecule has 1 atom stereocenters. The van der Waals surface area contributed by atoms with E-state index in [0.29, 0.717) is 29.9 Å². The van der Waals surface area contributed by atoms with E-state index in [2.05, 4.69) is 4.98 Å². The molecule has 0 N–H and O–H groups in total. The molecule has 1 heterocycles. The SMILES string of the molecule is CCCC(C(=O)OCC)c1nc2c(F)cccc2n1C. The molecule has 0 aliphatic carbocycles. The molecule has 2 rings (SSSR count). The average Bonchev–Trinajstić information content (AvgIpc) is 2.75. The molecule has 0 radical (unpaired) electrons. The molecule has 20 heavy (non-hydrogen) atoms. The van der Waals surface area contributed by atoms with Gasteiger partial charge in [0.25, 0.3) is 0 Å². The Hall–Kier alpha value is -1.91. The highest BCUT2D eigenvalue weighted by Crippen LogP contribution is 2.26. The van der Waals surface area contributed by atoms with Gasteiger partial charge in [0.1, 0.15) is 17.3 Å². The Labute approximate surface area is 117 Å². The third-order valence-corrected chi connectivity index (χ3v) is 3.36. The van der Waals surface area contributed by atoms with Gasteiger partial charge in [0.05, 0.1) is 12.1 Å². The van der Waals surface area contributed by atoms with Crippen molar-refractivity contribution in [3.63, 3.8) is 0 Å². The smallest absolute Gasteiger partial charge is 0.316 e. The Kier molecular flexibility index (Phi) is 4.37. The summed E-state index contributed by atoms with van der Waals surface area (Å²) in [5, 5.41) is 0. The topological polar surface area (TPSA) is 44.1 Å². The van der Waals surface area contributed by atoms with Gasteiger partial charge in [-0.1, -0.05) is 19.4 Å². The normalized spacial score (nSPS) is 12.6. The number of hydrogen-bond donors (Lipinski definition) is 0. The number of esters is 1. The Morgan fingerprint density at radius 1 is 1.45 bits per heavy atom. The number of para-hydroxylation sites is 1. The van der Waals surface area contributed by atoms with Crippen LogP contribution in [-0.2, 0) is 16.6 Å². The number of rotatable bonds is 5. The molecule has 0 fully saturated rings. The van der Waals surface area contributed by atoms with E-state index in [1.54, 1.807) is 30.7 Å². The summed E-state index contributed by atoms with van der Waals surface area (Å²) in [7, 11) is 1.80. The molecule has 0 amide bonds. The number of benzene rings is 1. The molecular formula is C15H19FN2O2. The minimum absolute atomic E-state index is 0.298. The standard InChI is InChI=1S/C15H19FN2O2/c1-4-7-10(15(19)20-5-2)14-17-13-11(16)8-6-9-12(13)18(14)3/h6,8-10H,4-5,7H2,1-3H3. The number of fused-ring (bicyclic) bond motifs is 1. The Morgan fingerprint density at radius 2 is 2.20 bits per heavy atom. The number of aromatic nitrogens is 2. The maximum atomic E-state index is 13.8. The molecule has 1 aromatic carbocycles. The van der Waals surface area contributed by atoms with Gasteiger partial charge < -0.3 is 9.30 Å². The van der Waals surface area contributed by atoms with Gasteiger partial charge in [0.15, 0.2) is 5.82 Å². The Bertz CT molecular complexity index is 622. The second-order valence-corrected chi connectivity index (χ2v) is 4.73. The maximum Gasteiger partial charge on any atom is 0.316 e. The lowest BCUT2D eigenvalue weighted by molar-refractivity contribution is -0.145. The van der Waals surface area contributed by atoms with E-state index in [1.807, 2.05) is 6.92 Å². The first-order valence-electron chi connectivity index (χ1n) is 6.87. The summed E-state index contributed by atoms with van der Waals surface area (Å²) in [4.78, 5) is 16.4. The van der Waals surface area contributed by atoms with E-state index < -0.39 is 5.92 Å². The summed E-state index contributed by atoms with van der Waals surface area (Å²) in [5.74, 6) is -0.557. The molecule has 5 heteroatoms. The number of ether oxygens (including phenoxy) is 1. The number of carbonyl (C=O) groups is 1. The van der Waals surface area contributed by atoms with Crippen molar-refractivity contribution >= 4 is 17.0 Å². The van der Waals surface area contributed by atoms with Gasteiger partial charge in [0, 0.05) is 7.05 Å². The first-order chi connectivity index (χ1) is 9.60. The summed E-state index contributed by atoms with van der Waals surface area (Å²) >= 11 is 0. The molecular weight excluding hydrogens is 259 g/mol. The zero-order chi connectivity index (χ0) is 14.7. The van der Waals surface area contributed by atoms with E-state index in [1.165, 1.54) is 6.07 Å². The van der Waals surface area contributed by atoms with Crippen molar-refractivity contribution in [1.82, 2.24) is 9.55 Å². The molecule has 0 aliphatic rings. The van der Waals surface area contributed by atoms with Crippen molar-refractivity contribution in [1.29, 1.82) is 0 Å². The van der Waals surface area contributed by atoms with Crippen molar-refractivity contribution in [2.45, 2.75) is 32.6 Å². The van der Waals surface area contributed by atoms with Crippen LogP contribution in [0.25, 0.3) is 11.0 Å². The molecule has 4 nitrogen and oxygen atoms in total. The van der Waals surface area contributed by atoms with Crippen molar-refractivity contribution in [2.75, 3.05) is 6.61 Å². The number of halogens is 1. The van der Waals surface area contributed by atoms with Crippen LogP contribution in [0.1, 0.15) is 38.4 Å². The lowest BCUT2D eigenvalue weighted by Gasteiger charge is -2.14. The van der Waals surface area contributed by atoms with E-state index in [0.717, 1.165) is 6.42 Å². The van der Waals surface area contributed by atoms with Gasteiger partial charge in [-0.2, -0.15) is 0 Å². The summed E-state index contributed by atoms with van der Waals surface area (Å²) < 4.78 is 20.7. The zero-order valence-corrected chi connectivity index (χ0v) is 12.0. The molecule has 0 saturated heterocycles. The highest BCUT2D eigenvalue weighted by Gasteiger charge is 2.27. The summed E-state index contributed by atoms with van der Waals surface area (Å²) in [6.45, 7) is 4.10. The van der Waals surface area contributed by atoms with Gasteiger partial charge in [-0.05, 0) is 25.5 Å². The summed E-state index contributed by atoms with van der Waals surface area (Å²) in [6, 6.07) is 4.81. The van der Waals surface area contributed by atoms with Crippen LogP contribution in [0.4, 0.5) is 4.39 Å². The van der Waals surface area contributed by atoms with Crippen molar-refractivity contribution in [3.05, 3.63) is 29.8 Å². The molecule has 0 bridgehead atoms. The minimum Gasteiger partial charge on any atom is -0.465 e. The van der Waals surface area contributed by atoms with Gasteiger partial charge in [-0.25, -0.2) is 9.37 Å². The van der Waals surface area contributed by atoms with Crippen LogP contribution >= 0.6 is 0 Å². The van der Waals surface area contributed by atoms with Crippen LogP contribution < -0.4 is 0 Å². The third-order valence-electron chi connectivity index (χ3n) is 3.36. The van der Waals surface area contributed by atoms with Crippen LogP contribution in [0.3, 0.4) is 0 Å². The molecule has 1 aromatic heterocycles. The Morgan fingerprint density at radius 3 is 2.80 bits per heavy atom. The fourth-order valence-corrected chi connectivity index (χ4v) is 2.39. The second kappa shape index (κ2) is 6.03. The van der Waals surface area contributed by atoms with E-state index in [9.17, 15) is 9.18 Å². The van der Waals surface area contributed by atoms with E-state index >= 15 is 0 Å². The fourth-order valence-electron chi connectivity index (χ4n) is 2.39.